The van der Waals surface area contributed by atoms with E-state index in [2.05, 4.69) is 15.6 Å². The first kappa shape index (κ1) is 24.0. The average molecular weight is 476 g/mol. The highest BCUT2D eigenvalue weighted by atomic mass is 35.5. The summed E-state index contributed by atoms with van der Waals surface area (Å²) in [5.74, 6) is -0.267. The van der Waals surface area contributed by atoms with Gasteiger partial charge in [0.25, 0.3) is 5.91 Å². The van der Waals surface area contributed by atoms with Gasteiger partial charge in [0.1, 0.15) is 11.3 Å². The Labute approximate surface area is 197 Å². The SMILES string of the molecule is Cc1c(C(=O)NC(CCNC(=O)OC(C)(C)C)c2ccccc2)[nH]c2ccc(Cl)c(Cl)c12. The Hall–Kier alpha value is -2.70. The molecule has 0 fully saturated rings. The van der Waals surface area contributed by atoms with Gasteiger partial charge in [-0.05, 0) is 57.4 Å². The summed E-state index contributed by atoms with van der Waals surface area (Å²) in [6.45, 7) is 7.59. The number of carbonyl (C=O) groups excluding carboxylic acids is 2. The number of carbonyl (C=O) groups is 2. The van der Waals surface area contributed by atoms with Gasteiger partial charge in [-0.3, -0.25) is 4.79 Å². The Kier molecular flexibility index (Phi) is 7.36. The molecule has 1 heterocycles. The van der Waals surface area contributed by atoms with Gasteiger partial charge in [0.15, 0.2) is 0 Å². The standard InChI is InChI=1S/C24H27Cl2N3O3/c1-14-19-18(11-10-16(25)20(19)26)28-21(14)22(30)29-17(15-8-6-5-7-9-15)12-13-27-23(31)32-24(2,3)4/h5-11,17,28H,12-13H2,1-4H3,(H,27,31)(H,29,30). The van der Waals surface area contributed by atoms with Crippen molar-refractivity contribution >= 4 is 46.1 Å². The van der Waals surface area contributed by atoms with Crippen molar-refractivity contribution in [2.24, 2.45) is 0 Å². The molecule has 0 saturated heterocycles. The normalized spacial score (nSPS) is 12.4. The summed E-state index contributed by atoms with van der Waals surface area (Å²) in [6.07, 6.45) is -0.00506. The van der Waals surface area contributed by atoms with E-state index in [-0.39, 0.29) is 11.9 Å². The Morgan fingerprint density at radius 1 is 1.09 bits per heavy atom. The molecule has 0 radical (unpaired) electrons. The van der Waals surface area contributed by atoms with Crippen molar-refractivity contribution in [1.29, 1.82) is 0 Å². The van der Waals surface area contributed by atoms with Crippen LogP contribution in [-0.4, -0.2) is 29.1 Å². The highest BCUT2D eigenvalue weighted by Crippen LogP contribution is 2.34. The zero-order valence-corrected chi connectivity index (χ0v) is 20.0. The maximum absolute atomic E-state index is 13.2. The molecule has 0 saturated carbocycles. The van der Waals surface area contributed by atoms with E-state index in [1.54, 1.807) is 12.1 Å². The lowest BCUT2D eigenvalue weighted by molar-refractivity contribution is 0.0526. The van der Waals surface area contributed by atoms with Crippen molar-refractivity contribution in [3.63, 3.8) is 0 Å². The molecule has 0 aliphatic heterocycles. The van der Waals surface area contributed by atoms with Crippen LogP contribution in [0.5, 0.6) is 0 Å². The van der Waals surface area contributed by atoms with Crippen LogP contribution in [0.1, 0.15) is 54.8 Å². The third-order valence-electron chi connectivity index (χ3n) is 4.94. The van der Waals surface area contributed by atoms with Gasteiger partial charge in [-0.2, -0.15) is 0 Å². The third-order valence-corrected chi connectivity index (χ3v) is 5.74. The number of ether oxygens (including phenoxy) is 1. The van der Waals surface area contributed by atoms with E-state index < -0.39 is 11.7 Å². The summed E-state index contributed by atoms with van der Waals surface area (Å²) in [5.41, 5.74) is 2.24. The number of fused-ring (bicyclic) bond motifs is 1. The summed E-state index contributed by atoms with van der Waals surface area (Å²) in [7, 11) is 0. The van der Waals surface area contributed by atoms with Crippen molar-refractivity contribution in [2.75, 3.05) is 6.54 Å². The molecule has 3 N–H and O–H groups in total. The number of alkyl carbamates (subject to hydrolysis) is 1. The van der Waals surface area contributed by atoms with Gasteiger partial charge in [-0.1, -0.05) is 53.5 Å². The molecule has 2 aromatic carbocycles. The molecule has 0 spiro atoms. The van der Waals surface area contributed by atoms with Gasteiger partial charge in [0.2, 0.25) is 0 Å². The molecule has 32 heavy (non-hydrogen) atoms. The maximum Gasteiger partial charge on any atom is 0.407 e. The molecule has 170 valence electrons. The summed E-state index contributed by atoms with van der Waals surface area (Å²) >= 11 is 12.5. The monoisotopic (exact) mass is 475 g/mol. The lowest BCUT2D eigenvalue weighted by Gasteiger charge is -2.22. The fourth-order valence-corrected chi connectivity index (χ4v) is 3.94. The third kappa shape index (κ3) is 5.75. The molecule has 2 amide bonds. The number of rotatable bonds is 6. The van der Waals surface area contributed by atoms with Gasteiger partial charge < -0.3 is 20.4 Å². The highest BCUT2D eigenvalue weighted by Gasteiger charge is 2.22. The van der Waals surface area contributed by atoms with Crippen LogP contribution in [0.25, 0.3) is 10.9 Å². The molecule has 0 aliphatic carbocycles. The minimum Gasteiger partial charge on any atom is -0.444 e. The number of aromatic nitrogens is 1. The quantitative estimate of drug-likeness (QED) is 0.398. The minimum absolute atomic E-state index is 0.267. The molecule has 6 nitrogen and oxygen atoms in total. The first-order valence-electron chi connectivity index (χ1n) is 10.4. The van der Waals surface area contributed by atoms with Crippen LogP contribution in [0.4, 0.5) is 4.79 Å². The highest BCUT2D eigenvalue weighted by molar-refractivity contribution is 6.45. The van der Waals surface area contributed by atoms with Crippen LogP contribution >= 0.6 is 23.2 Å². The number of H-pyrrole nitrogens is 1. The zero-order valence-electron chi connectivity index (χ0n) is 18.5. The minimum atomic E-state index is -0.575. The van der Waals surface area contributed by atoms with Crippen LogP contribution < -0.4 is 10.6 Å². The van der Waals surface area contributed by atoms with Crippen molar-refractivity contribution < 1.29 is 14.3 Å². The number of nitrogens with one attached hydrogen (secondary N) is 3. The van der Waals surface area contributed by atoms with Gasteiger partial charge in [0.05, 0.1) is 16.1 Å². The summed E-state index contributed by atoms with van der Waals surface area (Å²) in [4.78, 5) is 28.3. The molecule has 1 atom stereocenters. The molecule has 8 heteroatoms. The Morgan fingerprint density at radius 2 is 1.78 bits per heavy atom. The van der Waals surface area contributed by atoms with Crippen LogP contribution in [-0.2, 0) is 4.74 Å². The Morgan fingerprint density at radius 3 is 2.44 bits per heavy atom. The summed E-state index contributed by atoms with van der Waals surface area (Å²) in [6, 6.07) is 12.8. The molecule has 3 rings (SSSR count). The predicted molar refractivity (Wildman–Crippen MR) is 129 cm³/mol. The van der Waals surface area contributed by atoms with Crippen molar-refractivity contribution in [1.82, 2.24) is 15.6 Å². The molecule has 1 aromatic heterocycles. The maximum atomic E-state index is 13.2. The van der Waals surface area contributed by atoms with E-state index in [1.807, 2.05) is 58.0 Å². The zero-order chi connectivity index (χ0) is 23.5. The Balaban J connectivity index is 1.77. The molecular weight excluding hydrogens is 449 g/mol. The van der Waals surface area contributed by atoms with Gasteiger partial charge in [-0.25, -0.2) is 4.79 Å². The van der Waals surface area contributed by atoms with Crippen molar-refractivity contribution in [2.45, 2.75) is 45.8 Å². The van der Waals surface area contributed by atoms with Gasteiger partial charge >= 0.3 is 6.09 Å². The fraction of sp³-hybridized carbons (Fsp3) is 0.333. The molecule has 3 aromatic rings. The summed E-state index contributed by atoms with van der Waals surface area (Å²) in [5, 5.41) is 7.39. The predicted octanol–water partition coefficient (Wildman–Crippen LogP) is 6.17. The molecule has 1 unspecified atom stereocenters. The van der Waals surface area contributed by atoms with Crippen LogP contribution in [0, 0.1) is 6.92 Å². The topological polar surface area (TPSA) is 83.2 Å². The molecule has 0 aliphatic rings. The van der Waals surface area contributed by atoms with E-state index >= 15 is 0 Å². The molecule has 0 bridgehead atoms. The number of amides is 2. The van der Waals surface area contributed by atoms with Gasteiger partial charge in [0, 0.05) is 17.4 Å². The number of benzene rings is 2. The van der Waals surface area contributed by atoms with E-state index in [1.165, 1.54) is 0 Å². The number of halogens is 2. The number of hydrogen-bond acceptors (Lipinski definition) is 3. The second-order valence-electron chi connectivity index (χ2n) is 8.56. The first-order chi connectivity index (χ1) is 15.1. The fourth-order valence-electron chi connectivity index (χ4n) is 3.47. The number of aryl methyl sites for hydroxylation is 1. The largest absolute Gasteiger partial charge is 0.444 e. The first-order valence-corrected chi connectivity index (χ1v) is 11.1. The van der Waals surface area contributed by atoms with E-state index in [0.717, 1.165) is 22.0 Å². The average Bonchev–Trinajstić information content (AvgIpc) is 3.06. The lowest BCUT2D eigenvalue weighted by Crippen LogP contribution is -2.36. The number of aromatic amines is 1. The molecular formula is C24H27Cl2N3O3. The van der Waals surface area contributed by atoms with E-state index in [4.69, 9.17) is 27.9 Å². The van der Waals surface area contributed by atoms with E-state index in [0.29, 0.717) is 28.7 Å². The van der Waals surface area contributed by atoms with Crippen LogP contribution in [0.15, 0.2) is 42.5 Å². The van der Waals surface area contributed by atoms with Crippen molar-refractivity contribution in [3.05, 3.63) is 69.3 Å². The second kappa shape index (κ2) is 9.84. The van der Waals surface area contributed by atoms with Crippen molar-refractivity contribution in [3.8, 4) is 0 Å². The lowest BCUT2D eigenvalue weighted by atomic mass is 10.0. The number of hydrogen-bond donors (Lipinski definition) is 3. The van der Waals surface area contributed by atoms with Crippen LogP contribution in [0.3, 0.4) is 0 Å². The Bertz CT molecular complexity index is 1120. The second-order valence-corrected chi connectivity index (χ2v) is 9.35. The van der Waals surface area contributed by atoms with Gasteiger partial charge in [-0.15, -0.1) is 0 Å². The van der Waals surface area contributed by atoms with E-state index in [9.17, 15) is 9.59 Å². The summed E-state index contributed by atoms with van der Waals surface area (Å²) < 4.78 is 5.28. The smallest absolute Gasteiger partial charge is 0.407 e. The van der Waals surface area contributed by atoms with Crippen LogP contribution in [0.2, 0.25) is 10.0 Å².